The van der Waals surface area contributed by atoms with Crippen molar-refractivity contribution in [2.75, 3.05) is 0 Å². The molecular weight excluding hydrogens is 252 g/mol. The van der Waals surface area contributed by atoms with Gasteiger partial charge < -0.3 is 19.7 Å². The third-order valence-corrected chi connectivity index (χ3v) is 2.28. The van der Waals surface area contributed by atoms with Crippen LogP contribution >= 0.6 is 0 Å². The van der Waals surface area contributed by atoms with Crippen molar-refractivity contribution in [2.45, 2.75) is 0 Å². The van der Waals surface area contributed by atoms with Crippen LogP contribution in [0.15, 0.2) is 40.0 Å². The second-order valence-electron chi connectivity index (χ2n) is 3.55. The number of carbonyl (C=O) groups is 1. The first-order chi connectivity index (χ1) is 9.09. The zero-order valence-corrected chi connectivity index (χ0v) is 9.57. The van der Waals surface area contributed by atoms with Crippen LogP contribution in [0.25, 0.3) is 0 Å². The van der Waals surface area contributed by atoms with Crippen LogP contribution < -0.4 is 5.43 Å². The zero-order chi connectivity index (χ0) is 13.8. The molecule has 0 fully saturated rings. The molecule has 0 aliphatic carbocycles. The van der Waals surface area contributed by atoms with Gasteiger partial charge in [0.2, 0.25) is 5.75 Å². The number of hydrogen-bond donors (Lipinski definition) is 4. The lowest BCUT2D eigenvalue weighted by molar-refractivity contribution is 0.0927. The number of nitrogens with zero attached hydrogens (tertiary/aromatic N) is 1. The Morgan fingerprint density at radius 2 is 2.00 bits per heavy atom. The average molecular weight is 262 g/mol. The first-order valence-electron chi connectivity index (χ1n) is 5.20. The van der Waals surface area contributed by atoms with Crippen LogP contribution in [0.1, 0.15) is 16.1 Å². The molecule has 7 heteroatoms. The Kier molecular flexibility index (Phi) is 3.37. The number of benzene rings is 1. The van der Waals surface area contributed by atoms with Crippen molar-refractivity contribution in [1.82, 2.24) is 5.43 Å². The molecule has 2 rings (SSSR count). The van der Waals surface area contributed by atoms with E-state index < -0.39 is 23.2 Å². The van der Waals surface area contributed by atoms with Gasteiger partial charge in [-0.2, -0.15) is 5.10 Å². The number of furan rings is 1. The summed E-state index contributed by atoms with van der Waals surface area (Å²) in [4.78, 5) is 11.4. The summed E-state index contributed by atoms with van der Waals surface area (Å²) in [5.74, 6) is -2.09. The fourth-order valence-corrected chi connectivity index (χ4v) is 1.31. The molecule has 0 atom stereocenters. The summed E-state index contributed by atoms with van der Waals surface area (Å²) in [7, 11) is 0. The largest absolute Gasteiger partial charge is 0.504 e. The summed E-state index contributed by atoms with van der Waals surface area (Å²) in [5, 5.41) is 31.5. The van der Waals surface area contributed by atoms with Crippen LogP contribution in [0, 0.1) is 0 Å². The maximum absolute atomic E-state index is 11.4. The van der Waals surface area contributed by atoms with E-state index >= 15 is 0 Å². The lowest BCUT2D eigenvalue weighted by Crippen LogP contribution is -2.16. The number of hydrogen-bond acceptors (Lipinski definition) is 6. The summed E-state index contributed by atoms with van der Waals surface area (Å²) >= 11 is 0. The SMILES string of the molecule is O=C(N/N=C/c1ccc(O)c(O)c1O)c1ccco1. The molecule has 19 heavy (non-hydrogen) atoms. The standard InChI is InChI=1S/C12H10N2O5/c15-8-4-3-7(10(16)11(8)17)6-13-14-12(18)9-2-1-5-19-9/h1-6,15-17H,(H,14,18)/b13-6+. The molecule has 1 heterocycles. The molecule has 0 unspecified atom stereocenters. The quantitative estimate of drug-likeness (QED) is 0.376. The Bertz CT molecular complexity index is 619. The number of phenolic OH excluding ortho intramolecular Hbond substituents is 3. The molecule has 0 spiro atoms. The number of rotatable bonds is 3. The average Bonchev–Trinajstić information content (AvgIpc) is 2.92. The molecule has 1 amide bonds. The summed E-state index contributed by atoms with van der Waals surface area (Å²) in [6.07, 6.45) is 2.47. The number of aromatic hydroxyl groups is 3. The zero-order valence-electron chi connectivity index (χ0n) is 9.57. The van der Waals surface area contributed by atoms with Crippen molar-refractivity contribution in [3.05, 3.63) is 41.9 Å². The van der Waals surface area contributed by atoms with Crippen molar-refractivity contribution in [1.29, 1.82) is 0 Å². The molecule has 0 radical (unpaired) electrons. The van der Waals surface area contributed by atoms with Crippen molar-refractivity contribution in [2.24, 2.45) is 5.10 Å². The van der Waals surface area contributed by atoms with Crippen LogP contribution in [0.2, 0.25) is 0 Å². The lowest BCUT2D eigenvalue weighted by Gasteiger charge is -2.03. The van der Waals surface area contributed by atoms with Crippen molar-refractivity contribution >= 4 is 12.1 Å². The number of carbonyl (C=O) groups excluding carboxylic acids is 1. The molecule has 0 aliphatic rings. The monoisotopic (exact) mass is 262 g/mol. The van der Waals surface area contributed by atoms with Crippen molar-refractivity contribution < 1.29 is 24.5 Å². The van der Waals surface area contributed by atoms with E-state index in [1.165, 1.54) is 24.5 Å². The van der Waals surface area contributed by atoms with E-state index in [9.17, 15) is 15.0 Å². The normalized spacial score (nSPS) is 10.7. The Hall–Kier alpha value is -2.96. The maximum atomic E-state index is 11.4. The van der Waals surface area contributed by atoms with E-state index in [-0.39, 0.29) is 11.3 Å². The summed E-state index contributed by atoms with van der Waals surface area (Å²) in [5.41, 5.74) is 2.31. The van der Waals surface area contributed by atoms with Gasteiger partial charge in [-0.3, -0.25) is 4.79 Å². The minimum absolute atomic E-state index is 0.0925. The van der Waals surface area contributed by atoms with Gasteiger partial charge >= 0.3 is 5.91 Å². The van der Waals surface area contributed by atoms with E-state index in [2.05, 4.69) is 10.5 Å². The number of amides is 1. The van der Waals surface area contributed by atoms with Gasteiger partial charge in [0, 0.05) is 5.56 Å². The van der Waals surface area contributed by atoms with E-state index in [0.717, 1.165) is 6.21 Å². The number of hydrazone groups is 1. The number of nitrogens with one attached hydrogen (secondary N) is 1. The van der Waals surface area contributed by atoms with E-state index in [1.54, 1.807) is 6.07 Å². The highest BCUT2D eigenvalue weighted by atomic mass is 16.3. The van der Waals surface area contributed by atoms with Crippen molar-refractivity contribution in [3.63, 3.8) is 0 Å². The molecule has 4 N–H and O–H groups in total. The van der Waals surface area contributed by atoms with Gasteiger partial charge in [-0.15, -0.1) is 0 Å². The Morgan fingerprint density at radius 1 is 1.21 bits per heavy atom. The molecule has 1 aromatic heterocycles. The molecule has 1 aromatic carbocycles. The minimum Gasteiger partial charge on any atom is -0.504 e. The third kappa shape index (κ3) is 2.65. The molecule has 7 nitrogen and oxygen atoms in total. The topological polar surface area (TPSA) is 115 Å². The van der Waals surface area contributed by atoms with Crippen molar-refractivity contribution in [3.8, 4) is 17.2 Å². The lowest BCUT2D eigenvalue weighted by atomic mass is 10.2. The van der Waals surface area contributed by atoms with Gasteiger partial charge in [-0.05, 0) is 24.3 Å². The van der Waals surface area contributed by atoms with Gasteiger partial charge in [0.1, 0.15) is 0 Å². The molecule has 2 aromatic rings. The fraction of sp³-hybridized carbons (Fsp3) is 0. The van der Waals surface area contributed by atoms with Gasteiger partial charge in [0.05, 0.1) is 12.5 Å². The van der Waals surface area contributed by atoms with Gasteiger partial charge in [0.15, 0.2) is 17.3 Å². The van der Waals surface area contributed by atoms with E-state index in [0.29, 0.717) is 0 Å². The van der Waals surface area contributed by atoms with Gasteiger partial charge in [-0.1, -0.05) is 0 Å². The van der Waals surface area contributed by atoms with Crippen LogP contribution in [-0.2, 0) is 0 Å². The Morgan fingerprint density at radius 3 is 2.68 bits per heavy atom. The highest BCUT2D eigenvalue weighted by Crippen LogP contribution is 2.36. The minimum atomic E-state index is -0.652. The molecular formula is C12H10N2O5. The summed E-state index contributed by atoms with van der Waals surface area (Å²) < 4.78 is 4.85. The Labute approximate surface area is 107 Å². The fourth-order valence-electron chi connectivity index (χ4n) is 1.31. The second kappa shape index (κ2) is 5.13. The summed E-state index contributed by atoms with van der Waals surface area (Å²) in [6, 6.07) is 5.54. The first kappa shape index (κ1) is 12.5. The highest BCUT2D eigenvalue weighted by Gasteiger charge is 2.10. The third-order valence-electron chi connectivity index (χ3n) is 2.28. The molecule has 0 aliphatic heterocycles. The van der Waals surface area contributed by atoms with Crippen LogP contribution in [-0.4, -0.2) is 27.4 Å². The molecule has 0 bridgehead atoms. The van der Waals surface area contributed by atoms with Crippen LogP contribution in [0.5, 0.6) is 17.2 Å². The van der Waals surface area contributed by atoms with Crippen LogP contribution in [0.3, 0.4) is 0 Å². The van der Waals surface area contributed by atoms with Gasteiger partial charge in [0.25, 0.3) is 0 Å². The number of phenols is 3. The predicted octanol–water partition coefficient (Wildman–Crippen LogP) is 1.16. The van der Waals surface area contributed by atoms with E-state index in [1.807, 2.05) is 0 Å². The highest BCUT2D eigenvalue weighted by molar-refractivity contribution is 5.92. The van der Waals surface area contributed by atoms with E-state index in [4.69, 9.17) is 9.52 Å². The maximum Gasteiger partial charge on any atom is 0.307 e. The van der Waals surface area contributed by atoms with Crippen LogP contribution in [0.4, 0.5) is 0 Å². The molecule has 0 saturated carbocycles. The summed E-state index contributed by atoms with van der Waals surface area (Å²) in [6.45, 7) is 0. The smallest absolute Gasteiger partial charge is 0.307 e. The van der Waals surface area contributed by atoms with Gasteiger partial charge in [-0.25, -0.2) is 5.43 Å². The first-order valence-corrected chi connectivity index (χ1v) is 5.20. The molecule has 98 valence electrons. The predicted molar refractivity (Wildman–Crippen MR) is 65.2 cm³/mol. The second-order valence-corrected chi connectivity index (χ2v) is 3.55. The Balaban J connectivity index is 2.08. The molecule has 0 saturated heterocycles.